The Labute approximate surface area is 281 Å². The molecule has 0 saturated heterocycles. The van der Waals surface area contributed by atoms with Crippen molar-refractivity contribution in [3.8, 4) is 0 Å². The fourth-order valence-corrected chi connectivity index (χ4v) is 5.92. The highest BCUT2D eigenvalue weighted by molar-refractivity contribution is 5.77. The Kier molecular flexibility index (Phi) is 39.5. The number of carboxylic acid groups (broad SMARTS) is 1. The van der Waals surface area contributed by atoms with Gasteiger partial charge in [-0.1, -0.05) is 180 Å². The van der Waals surface area contributed by atoms with E-state index in [1.807, 2.05) is 6.92 Å². The van der Waals surface area contributed by atoms with Crippen LogP contribution in [0.15, 0.2) is 12.2 Å². The lowest BCUT2D eigenvalue weighted by Crippen LogP contribution is -2.37. The third-order valence-electron chi connectivity index (χ3n) is 9.02. The zero-order valence-corrected chi connectivity index (χ0v) is 30.6. The number of hydrogen-bond donors (Lipinski definition) is 3. The van der Waals surface area contributed by atoms with Crippen LogP contribution in [0.3, 0.4) is 0 Å². The molecule has 5 nitrogen and oxygen atoms in total. The zero-order valence-electron chi connectivity index (χ0n) is 30.6. The van der Waals surface area contributed by atoms with Gasteiger partial charge in [0, 0.05) is 12.5 Å². The van der Waals surface area contributed by atoms with E-state index in [4.69, 9.17) is 16.6 Å². The van der Waals surface area contributed by atoms with E-state index in [2.05, 4.69) is 26.0 Å². The van der Waals surface area contributed by atoms with Gasteiger partial charge in [0.2, 0.25) is 5.91 Å². The van der Waals surface area contributed by atoms with Crippen LogP contribution >= 0.6 is 0 Å². The first-order chi connectivity index (χ1) is 21.9. The summed E-state index contributed by atoms with van der Waals surface area (Å²) in [6.07, 6.45) is 44.0. The van der Waals surface area contributed by atoms with E-state index in [1.165, 1.54) is 167 Å². The van der Waals surface area contributed by atoms with Crippen molar-refractivity contribution in [3.63, 3.8) is 0 Å². The van der Waals surface area contributed by atoms with Gasteiger partial charge in [0.1, 0.15) is 0 Å². The normalized spacial score (nSPS) is 12.6. The summed E-state index contributed by atoms with van der Waals surface area (Å²) in [7, 11) is 0. The lowest BCUT2D eigenvalue weighted by atomic mass is 9.94. The predicted octanol–water partition coefficient (Wildman–Crippen LogP) is 12.2. The topological polar surface area (TPSA) is 106 Å². The minimum atomic E-state index is -0.656. The molecule has 0 aliphatic carbocycles. The van der Waals surface area contributed by atoms with Gasteiger partial charge in [0.25, 0.3) is 0 Å². The highest BCUT2D eigenvalue weighted by Crippen LogP contribution is 2.16. The average Bonchev–Trinajstić information content (AvgIpc) is 3.00. The Bertz CT molecular complexity index is 635. The molecule has 0 aliphatic heterocycles. The summed E-state index contributed by atoms with van der Waals surface area (Å²) in [5.74, 6) is -1.04. The summed E-state index contributed by atoms with van der Waals surface area (Å²) in [5, 5.41) is 8.55. The lowest BCUT2D eigenvalue weighted by Gasteiger charge is -2.16. The van der Waals surface area contributed by atoms with Crippen molar-refractivity contribution in [1.82, 2.24) is 0 Å². The van der Waals surface area contributed by atoms with Crippen LogP contribution in [0.1, 0.15) is 220 Å². The number of carbonyl (C=O) groups is 2. The monoisotopic (exact) mass is 637 g/mol. The number of rotatable bonds is 34. The van der Waals surface area contributed by atoms with Gasteiger partial charge in [-0.2, -0.15) is 0 Å². The maximum Gasteiger partial charge on any atom is 0.303 e. The summed E-state index contributed by atoms with van der Waals surface area (Å²) < 4.78 is 0. The standard InChI is InChI=1S/C22H42O2.C18H38N2O/c1-2-3-4-5-6-7-8-9-10-11-12-13-14-15-16-17-18-19-20-21-22(23)24;1-3-4-5-6-7-8-9-10-11-12-13-14-15-17(16(2)19)18(20)21/h9-10H,2-8,11-21H2,1H3,(H,23,24);16-17H,3-15,19H2,1-2H3,(H2,20,21)/b10-9-;. The molecule has 2 unspecified atom stereocenters. The maximum absolute atomic E-state index is 11.2. The quantitative estimate of drug-likeness (QED) is 0.0482. The molecule has 1 amide bonds. The van der Waals surface area contributed by atoms with Crippen molar-refractivity contribution in [2.24, 2.45) is 17.4 Å². The van der Waals surface area contributed by atoms with E-state index < -0.39 is 5.97 Å². The highest BCUT2D eigenvalue weighted by atomic mass is 16.4. The van der Waals surface area contributed by atoms with Gasteiger partial charge in [0.15, 0.2) is 0 Å². The van der Waals surface area contributed by atoms with Gasteiger partial charge in [-0.25, -0.2) is 0 Å². The van der Waals surface area contributed by atoms with Crippen LogP contribution in [0.4, 0.5) is 0 Å². The fourth-order valence-electron chi connectivity index (χ4n) is 5.92. The zero-order chi connectivity index (χ0) is 33.6. The number of nitrogens with two attached hydrogens (primary N) is 2. The smallest absolute Gasteiger partial charge is 0.303 e. The Morgan fingerprint density at radius 1 is 0.533 bits per heavy atom. The number of amides is 1. The van der Waals surface area contributed by atoms with Crippen molar-refractivity contribution in [2.75, 3.05) is 0 Å². The Balaban J connectivity index is 0. The molecule has 0 aromatic rings. The van der Waals surface area contributed by atoms with Crippen LogP contribution < -0.4 is 11.5 Å². The molecule has 0 rings (SSSR count). The summed E-state index contributed by atoms with van der Waals surface area (Å²) in [6.45, 7) is 6.41. The SMILES string of the molecule is CCCCCCCC/C=C\CCCCCCCCCCCC(=O)O.CCCCCCCCCCCCCCC(C(N)=O)C(C)N. The molecule has 0 spiro atoms. The minimum absolute atomic E-state index is 0.116. The first kappa shape index (κ1) is 45.8. The van der Waals surface area contributed by atoms with Gasteiger partial charge in [-0.15, -0.1) is 0 Å². The van der Waals surface area contributed by atoms with Gasteiger partial charge in [-0.3, -0.25) is 9.59 Å². The second-order valence-electron chi connectivity index (χ2n) is 13.7. The molecular formula is C40H80N2O3. The van der Waals surface area contributed by atoms with Gasteiger partial charge >= 0.3 is 5.97 Å². The third kappa shape index (κ3) is 40.6. The summed E-state index contributed by atoms with van der Waals surface area (Å²) in [5.41, 5.74) is 11.1. The van der Waals surface area contributed by atoms with Crippen molar-refractivity contribution < 1.29 is 14.7 Å². The Morgan fingerprint density at radius 2 is 0.844 bits per heavy atom. The molecule has 2 atom stereocenters. The van der Waals surface area contributed by atoms with Crippen LogP contribution in [0.5, 0.6) is 0 Å². The lowest BCUT2D eigenvalue weighted by molar-refractivity contribution is -0.137. The van der Waals surface area contributed by atoms with Crippen LogP contribution in [-0.4, -0.2) is 23.0 Å². The van der Waals surface area contributed by atoms with Gasteiger partial charge < -0.3 is 16.6 Å². The molecule has 0 fully saturated rings. The second-order valence-corrected chi connectivity index (χ2v) is 13.7. The molecule has 5 N–H and O–H groups in total. The molecule has 0 heterocycles. The maximum atomic E-state index is 11.2. The summed E-state index contributed by atoms with van der Waals surface area (Å²) in [6, 6.07) is -0.116. The molecule has 45 heavy (non-hydrogen) atoms. The summed E-state index contributed by atoms with van der Waals surface area (Å²) >= 11 is 0. The molecule has 0 bridgehead atoms. The van der Waals surface area contributed by atoms with Crippen LogP contribution in [0.2, 0.25) is 0 Å². The summed E-state index contributed by atoms with van der Waals surface area (Å²) in [4.78, 5) is 21.6. The van der Waals surface area contributed by atoms with Crippen molar-refractivity contribution in [1.29, 1.82) is 0 Å². The number of unbranched alkanes of at least 4 members (excludes halogenated alkanes) is 26. The first-order valence-corrected chi connectivity index (χ1v) is 19.8. The molecule has 0 saturated carbocycles. The molecule has 5 heteroatoms. The van der Waals surface area contributed by atoms with E-state index in [0.717, 1.165) is 25.7 Å². The van der Waals surface area contributed by atoms with E-state index in [-0.39, 0.29) is 17.9 Å². The third-order valence-corrected chi connectivity index (χ3v) is 9.02. The fraction of sp³-hybridized carbons (Fsp3) is 0.900. The number of carbonyl (C=O) groups excluding carboxylic acids is 1. The Hall–Kier alpha value is -1.36. The number of hydrogen-bond acceptors (Lipinski definition) is 3. The number of carboxylic acids is 1. The minimum Gasteiger partial charge on any atom is -0.481 e. The van der Waals surface area contributed by atoms with E-state index in [1.54, 1.807) is 0 Å². The largest absolute Gasteiger partial charge is 0.481 e. The number of allylic oxidation sites excluding steroid dienone is 2. The highest BCUT2D eigenvalue weighted by Gasteiger charge is 2.18. The molecular weight excluding hydrogens is 556 g/mol. The van der Waals surface area contributed by atoms with Gasteiger partial charge in [0.05, 0.1) is 5.92 Å². The van der Waals surface area contributed by atoms with E-state index >= 15 is 0 Å². The molecule has 0 aromatic heterocycles. The number of aliphatic carboxylic acids is 1. The second kappa shape index (κ2) is 38.8. The van der Waals surface area contributed by atoms with Crippen LogP contribution in [0, 0.1) is 5.92 Å². The van der Waals surface area contributed by atoms with E-state index in [9.17, 15) is 9.59 Å². The molecule has 0 radical (unpaired) electrons. The van der Waals surface area contributed by atoms with Crippen molar-refractivity contribution >= 4 is 11.9 Å². The predicted molar refractivity (Wildman–Crippen MR) is 198 cm³/mol. The van der Waals surface area contributed by atoms with Crippen molar-refractivity contribution in [3.05, 3.63) is 12.2 Å². The number of primary amides is 1. The van der Waals surface area contributed by atoms with Crippen molar-refractivity contribution in [2.45, 2.75) is 226 Å². The van der Waals surface area contributed by atoms with Crippen LogP contribution in [0.25, 0.3) is 0 Å². The molecule has 0 aromatic carbocycles. The van der Waals surface area contributed by atoms with E-state index in [0.29, 0.717) is 6.42 Å². The first-order valence-electron chi connectivity index (χ1n) is 19.8. The Morgan fingerprint density at radius 3 is 1.16 bits per heavy atom. The van der Waals surface area contributed by atoms with Gasteiger partial charge in [-0.05, 0) is 45.4 Å². The van der Waals surface area contributed by atoms with Crippen LogP contribution in [-0.2, 0) is 9.59 Å². The molecule has 0 aliphatic rings. The average molecular weight is 637 g/mol. The molecule has 268 valence electrons.